The highest BCUT2D eigenvalue weighted by molar-refractivity contribution is 6.30. The third-order valence-corrected chi connectivity index (χ3v) is 3.45. The third-order valence-electron chi connectivity index (χ3n) is 3.20. The molecule has 0 saturated heterocycles. The molecule has 0 unspecified atom stereocenters. The zero-order valence-electron chi connectivity index (χ0n) is 12.1. The van der Waals surface area contributed by atoms with Crippen molar-refractivity contribution in [2.45, 2.75) is 0 Å². The van der Waals surface area contributed by atoms with Gasteiger partial charge in [0.1, 0.15) is 5.75 Å². The summed E-state index contributed by atoms with van der Waals surface area (Å²) in [4.78, 5) is 14.8. The van der Waals surface area contributed by atoms with E-state index in [1.165, 1.54) is 0 Å². The first-order valence-corrected chi connectivity index (χ1v) is 7.36. The number of hydrogen-bond donors (Lipinski definition) is 2. The summed E-state index contributed by atoms with van der Waals surface area (Å²) in [7, 11) is 0. The van der Waals surface area contributed by atoms with Crippen LogP contribution in [-0.2, 0) is 4.79 Å². The number of nitrogens with zero attached hydrogens (tertiary/aromatic N) is 1. The highest BCUT2D eigenvalue weighted by Crippen LogP contribution is 2.16. The number of H-pyrrole nitrogens is 1. The smallest absolute Gasteiger partial charge is 0.277 e. The second-order valence-electron chi connectivity index (χ2n) is 4.83. The first-order chi connectivity index (χ1) is 11.2. The number of carbonyl (C=O) groups is 1. The number of nitrogens with one attached hydrogen (secondary N) is 2. The maximum Gasteiger partial charge on any atom is 0.277 e. The van der Waals surface area contributed by atoms with Gasteiger partial charge in [-0.2, -0.15) is 5.10 Å². The lowest BCUT2D eigenvalue weighted by Gasteiger charge is -2.04. The third kappa shape index (κ3) is 3.90. The molecule has 1 amide bonds. The Kier molecular flexibility index (Phi) is 4.59. The monoisotopic (exact) mass is 327 g/mol. The van der Waals surface area contributed by atoms with Gasteiger partial charge in [0.2, 0.25) is 0 Å². The first kappa shape index (κ1) is 15.1. The quantitative estimate of drug-likeness (QED) is 0.557. The van der Waals surface area contributed by atoms with Gasteiger partial charge in [0.05, 0.1) is 6.21 Å². The van der Waals surface area contributed by atoms with E-state index in [0.29, 0.717) is 10.8 Å². The minimum Gasteiger partial charge on any atom is -0.484 e. The van der Waals surface area contributed by atoms with Gasteiger partial charge in [0.25, 0.3) is 5.91 Å². The number of aromatic nitrogens is 1. The van der Waals surface area contributed by atoms with Crippen LogP contribution in [0.25, 0.3) is 10.9 Å². The van der Waals surface area contributed by atoms with Crippen LogP contribution in [0.15, 0.2) is 59.8 Å². The molecule has 0 aliphatic rings. The van der Waals surface area contributed by atoms with Crippen molar-refractivity contribution >= 4 is 34.6 Å². The molecule has 0 aliphatic carbocycles. The van der Waals surface area contributed by atoms with Gasteiger partial charge in [-0.25, -0.2) is 5.43 Å². The van der Waals surface area contributed by atoms with Crippen LogP contribution in [0.5, 0.6) is 5.75 Å². The summed E-state index contributed by atoms with van der Waals surface area (Å²) in [5, 5.41) is 5.60. The van der Waals surface area contributed by atoms with Gasteiger partial charge in [-0.3, -0.25) is 4.79 Å². The van der Waals surface area contributed by atoms with E-state index >= 15 is 0 Å². The van der Waals surface area contributed by atoms with Crippen LogP contribution in [0.1, 0.15) is 5.56 Å². The molecule has 3 aromatic rings. The number of ether oxygens (including phenoxy) is 1. The molecule has 0 fully saturated rings. The van der Waals surface area contributed by atoms with Crippen LogP contribution in [0.4, 0.5) is 0 Å². The number of hydrogen-bond acceptors (Lipinski definition) is 3. The Balaban J connectivity index is 1.53. The molecule has 2 N–H and O–H groups in total. The van der Waals surface area contributed by atoms with Crippen LogP contribution < -0.4 is 10.2 Å². The second kappa shape index (κ2) is 6.98. The summed E-state index contributed by atoms with van der Waals surface area (Å²) in [6, 6.07) is 14.7. The number of halogens is 1. The Bertz CT molecular complexity index is 840. The molecular formula is C17H14ClN3O2. The van der Waals surface area contributed by atoms with E-state index in [1.807, 2.05) is 30.5 Å². The summed E-state index contributed by atoms with van der Waals surface area (Å²) < 4.78 is 5.33. The molecule has 5 nitrogen and oxygen atoms in total. The number of hydrazone groups is 1. The van der Waals surface area contributed by atoms with Crippen molar-refractivity contribution in [2.75, 3.05) is 6.61 Å². The molecule has 23 heavy (non-hydrogen) atoms. The van der Waals surface area contributed by atoms with E-state index in [4.69, 9.17) is 16.3 Å². The Labute approximate surface area is 137 Å². The van der Waals surface area contributed by atoms with E-state index in [2.05, 4.69) is 15.5 Å². The highest BCUT2D eigenvalue weighted by atomic mass is 35.5. The zero-order valence-corrected chi connectivity index (χ0v) is 12.9. The summed E-state index contributed by atoms with van der Waals surface area (Å²) in [5.41, 5.74) is 4.35. The molecular weight excluding hydrogens is 314 g/mol. The van der Waals surface area contributed by atoms with Gasteiger partial charge in [0.15, 0.2) is 6.61 Å². The average molecular weight is 328 g/mol. The van der Waals surface area contributed by atoms with Crippen molar-refractivity contribution in [2.24, 2.45) is 5.10 Å². The molecule has 116 valence electrons. The van der Waals surface area contributed by atoms with E-state index in [-0.39, 0.29) is 12.5 Å². The first-order valence-electron chi connectivity index (χ1n) is 6.99. The minimum atomic E-state index is -0.337. The van der Waals surface area contributed by atoms with Gasteiger partial charge in [0, 0.05) is 27.7 Å². The van der Waals surface area contributed by atoms with Gasteiger partial charge >= 0.3 is 0 Å². The Morgan fingerprint density at radius 1 is 1.22 bits per heavy atom. The van der Waals surface area contributed by atoms with Crippen molar-refractivity contribution in [3.05, 3.63) is 65.3 Å². The lowest BCUT2D eigenvalue weighted by molar-refractivity contribution is -0.123. The number of carbonyl (C=O) groups excluding carboxylic acids is 1. The topological polar surface area (TPSA) is 66.5 Å². The van der Waals surface area contributed by atoms with Crippen molar-refractivity contribution in [3.8, 4) is 5.75 Å². The van der Waals surface area contributed by atoms with Crippen LogP contribution in [0, 0.1) is 0 Å². The number of aromatic amines is 1. The fraction of sp³-hybridized carbons (Fsp3) is 0.0588. The normalized spacial score (nSPS) is 11.0. The summed E-state index contributed by atoms with van der Waals surface area (Å²) in [6.45, 7) is -0.118. The van der Waals surface area contributed by atoms with E-state index in [0.717, 1.165) is 16.5 Å². The number of amides is 1. The number of benzene rings is 2. The molecule has 2 aromatic carbocycles. The van der Waals surface area contributed by atoms with E-state index < -0.39 is 0 Å². The van der Waals surface area contributed by atoms with Crippen LogP contribution in [0.2, 0.25) is 5.02 Å². The van der Waals surface area contributed by atoms with Crippen LogP contribution >= 0.6 is 11.6 Å². The maximum absolute atomic E-state index is 11.7. The summed E-state index contributed by atoms with van der Waals surface area (Å²) in [6.07, 6.45) is 3.43. The van der Waals surface area contributed by atoms with E-state index in [9.17, 15) is 4.79 Å². The second-order valence-corrected chi connectivity index (χ2v) is 5.26. The molecule has 1 aromatic heterocycles. The SMILES string of the molecule is O=C(COc1ccc(Cl)cc1)N/N=C/c1c[nH]c2ccccc12. The fourth-order valence-electron chi connectivity index (χ4n) is 2.09. The molecule has 1 heterocycles. The predicted molar refractivity (Wildman–Crippen MR) is 91.0 cm³/mol. The lowest BCUT2D eigenvalue weighted by Crippen LogP contribution is -2.24. The zero-order chi connectivity index (χ0) is 16.1. The number of para-hydroxylation sites is 1. The minimum absolute atomic E-state index is 0.118. The standard InChI is InChI=1S/C17H14ClN3O2/c18-13-5-7-14(8-6-13)23-11-17(22)21-20-10-12-9-19-16-4-2-1-3-15(12)16/h1-10,19H,11H2,(H,21,22)/b20-10+. The van der Waals surface area contributed by atoms with Gasteiger partial charge < -0.3 is 9.72 Å². The van der Waals surface area contributed by atoms with Gasteiger partial charge in [-0.1, -0.05) is 29.8 Å². The fourth-order valence-corrected chi connectivity index (χ4v) is 2.21. The molecule has 0 radical (unpaired) electrons. The molecule has 0 aliphatic heterocycles. The van der Waals surface area contributed by atoms with Crippen molar-refractivity contribution in [1.29, 1.82) is 0 Å². The Morgan fingerprint density at radius 2 is 2.00 bits per heavy atom. The molecule has 0 atom stereocenters. The molecule has 0 spiro atoms. The number of rotatable bonds is 5. The highest BCUT2D eigenvalue weighted by Gasteiger charge is 2.02. The molecule has 0 bridgehead atoms. The van der Waals surface area contributed by atoms with E-state index in [1.54, 1.807) is 30.5 Å². The van der Waals surface area contributed by atoms with Crippen LogP contribution in [-0.4, -0.2) is 23.7 Å². The largest absolute Gasteiger partial charge is 0.484 e. The van der Waals surface area contributed by atoms with Crippen molar-refractivity contribution < 1.29 is 9.53 Å². The molecule has 3 rings (SSSR count). The predicted octanol–water partition coefficient (Wildman–Crippen LogP) is 3.35. The summed E-state index contributed by atoms with van der Waals surface area (Å²) in [5.74, 6) is 0.237. The van der Waals surface area contributed by atoms with Gasteiger partial charge in [-0.15, -0.1) is 0 Å². The van der Waals surface area contributed by atoms with Crippen molar-refractivity contribution in [1.82, 2.24) is 10.4 Å². The number of fused-ring (bicyclic) bond motifs is 1. The Morgan fingerprint density at radius 3 is 2.83 bits per heavy atom. The molecule has 0 saturated carbocycles. The van der Waals surface area contributed by atoms with Crippen LogP contribution in [0.3, 0.4) is 0 Å². The molecule has 6 heteroatoms. The van der Waals surface area contributed by atoms with Gasteiger partial charge in [-0.05, 0) is 30.3 Å². The van der Waals surface area contributed by atoms with Crippen molar-refractivity contribution in [3.63, 3.8) is 0 Å². The maximum atomic E-state index is 11.7. The summed E-state index contributed by atoms with van der Waals surface area (Å²) >= 11 is 5.78. The lowest BCUT2D eigenvalue weighted by atomic mass is 10.2. The Hall–Kier alpha value is -2.79. The average Bonchev–Trinajstić information content (AvgIpc) is 2.98.